The van der Waals surface area contributed by atoms with Gasteiger partial charge in [-0.3, -0.25) is 0 Å². The van der Waals surface area contributed by atoms with Gasteiger partial charge in [-0.15, -0.1) is 0 Å². The second-order valence-electron chi connectivity index (χ2n) is 14.6. The van der Waals surface area contributed by atoms with Gasteiger partial charge in [0.15, 0.2) is 5.82 Å². The third-order valence-electron chi connectivity index (χ3n) is 11.3. The largest absolute Gasteiger partial charge is 0.309 e. The highest BCUT2D eigenvalue weighted by atomic mass is 15.0. The molecule has 0 saturated heterocycles. The van der Waals surface area contributed by atoms with Crippen LogP contribution in [0.3, 0.4) is 0 Å². The van der Waals surface area contributed by atoms with Gasteiger partial charge in [-0.2, -0.15) is 0 Å². The van der Waals surface area contributed by atoms with Crippen LogP contribution in [0.25, 0.3) is 88.8 Å². The van der Waals surface area contributed by atoms with Crippen molar-refractivity contribution >= 4 is 43.6 Å². The van der Waals surface area contributed by atoms with E-state index in [9.17, 15) is 0 Å². The van der Waals surface area contributed by atoms with Crippen LogP contribution in [0.5, 0.6) is 0 Å². The molecule has 0 radical (unpaired) electrons. The van der Waals surface area contributed by atoms with Crippen molar-refractivity contribution in [3.63, 3.8) is 0 Å². The minimum atomic E-state index is -0.250. The van der Waals surface area contributed by atoms with E-state index in [1.54, 1.807) is 0 Å². The highest BCUT2D eigenvalue weighted by molar-refractivity contribution is 6.26. The van der Waals surface area contributed by atoms with Gasteiger partial charge in [0.25, 0.3) is 0 Å². The Morgan fingerprint density at radius 3 is 1.85 bits per heavy atom. The normalized spacial score (nSPS) is 13.2. The van der Waals surface area contributed by atoms with Gasteiger partial charge in [0.05, 0.1) is 33.5 Å². The second kappa shape index (κ2) is 11.1. The van der Waals surface area contributed by atoms with Gasteiger partial charge < -0.3 is 9.13 Å². The molecule has 0 atom stereocenters. The molecule has 4 nitrogen and oxygen atoms in total. The zero-order valence-corrected chi connectivity index (χ0v) is 29.5. The standard InChI is InChI=1S/C49H34N4/c1-49(2)39-22-12-9-20-37(39)44-45(31-15-5-3-6-16-31)50-48(51-47(44)49)32-25-27-34(28-26-32)53-40-23-13-10-19-35(40)36-29-30-42-43(46(36)53)38-21-11-14-24-41(38)52(42)33-17-7-4-8-18-33/h3-30H,1-2H3. The molecule has 1 aliphatic rings. The average Bonchev–Trinajstić information content (AvgIpc) is 3.82. The molecule has 11 rings (SSSR count). The Labute approximate surface area is 307 Å². The predicted octanol–water partition coefficient (Wildman–Crippen LogP) is 12.3. The molecule has 0 spiro atoms. The predicted molar refractivity (Wildman–Crippen MR) is 219 cm³/mol. The third-order valence-corrected chi connectivity index (χ3v) is 11.3. The minimum absolute atomic E-state index is 0.250. The van der Waals surface area contributed by atoms with Crippen LogP contribution in [-0.2, 0) is 5.41 Å². The molecular weight excluding hydrogens is 645 g/mol. The van der Waals surface area contributed by atoms with Crippen molar-refractivity contribution in [2.75, 3.05) is 0 Å². The lowest BCUT2D eigenvalue weighted by atomic mass is 9.85. The number of hydrogen-bond acceptors (Lipinski definition) is 2. The number of nitrogens with zero attached hydrogens (tertiary/aromatic N) is 4. The molecular formula is C49H34N4. The highest BCUT2D eigenvalue weighted by Gasteiger charge is 2.39. The van der Waals surface area contributed by atoms with Gasteiger partial charge in [-0.1, -0.05) is 129 Å². The fourth-order valence-electron chi connectivity index (χ4n) is 8.87. The fraction of sp³-hybridized carbons (Fsp3) is 0.0612. The van der Waals surface area contributed by atoms with Crippen molar-refractivity contribution in [2.45, 2.75) is 19.3 Å². The topological polar surface area (TPSA) is 35.6 Å². The van der Waals surface area contributed by atoms with E-state index in [1.807, 2.05) is 0 Å². The lowest BCUT2D eigenvalue weighted by Crippen LogP contribution is -2.17. The van der Waals surface area contributed by atoms with E-state index in [4.69, 9.17) is 9.97 Å². The summed E-state index contributed by atoms with van der Waals surface area (Å²) in [5.41, 5.74) is 14.6. The first kappa shape index (κ1) is 29.9. The second-order valence-corrected chi connectivity index (χ2v) is 14.6. The zero-order chi connectivity index (χ0) is 35.3. The van der Waals surface area contributed by atoms with Crippen molar-refractivity contribution in [1.29, 1.82) is 0 Å². The zero-order valence-electron chi connectivity index (χ0n) is 29.5. The number of hydrogen-bond donors (Lipinski definition) is 0. The Morgan fingerprint density at radius 2 is 1.08 bits per heavy atom. The van der Waals surface area contributed by atoms with E-state index >= 15 is 0 Å². The summed E-state index contributed by atoms with van der Waals surface area (Å²) in [6.45, 7) is 4.56. The van der Waals surface area contributed by atoms with E-state index in [1.165, 1.54) is 54.7 Å². The van der Waals surface area contributed by atoms with Crippen molar-refractivity contribution in [2.24, 2.45) is 0 Å². The maximum absolute atomic E-state index is 5.36. The molecule has 1 aliphatic carbocycles. The number of benzene rings is 7. The van der Waals surface area contributed by atoms with E-state index < -0.39 is 0 Å². The first-order valence-corrected chi connectivity index (χ1v) is 18.3. The maximum Gasteiger partial charge on any atom is 0.160 e. The molecule has 250 valence electrons. The van der Waals surface area contributed by atoms with Crippen molar-refractivity contribution in [3.8, 4) is 45.1 Å². The van der Waals surface area contributed by atoms with Crippen LogP contribution in [-0.4, -0.2) is 19.1 Å². The Balaban J connectivity index is 1.14. The number of para-hydroxylation sites is 3. The van der Waals surface area contributed by atoms with Gasteiger partial charge in [0.1, 0.15) is 0 Å². The quantitative estimate of drug-likeness (QED) is 0.186. The number of aromatic nitrogens is 4. The summed E-state index contributed by atoms with van der Waals surface area (Å²) in [5.74, 6) is 0.741. The van der Waals surface area contributed by atoms with Crippen LogP contribution >= 0.6 is 0 Å². The fourth-order valence-corrected chi connectivity index (χ4v) is 8.87. The first-order chi connectivity index (χ1) is 26.1. The number of rotatable bonds is 4. The van der Waals surface area contributed by atoms with Crippen LogP contribution < -0.4 is 0 Å². The van der Waals surface area contributed by atoms with Gasteiger partial charge in [-0.25, -0.2) is 9.97 Å². The maximum atomic E-state index is 5.36. The average molecular weight is 679 g/mol. The van der Waals surface area contributed by atoms with Crippen LogP contribution in [0, 0.1) is 0 Å². The molecule has 3 aromatic heterocycles. The Kier molecular flexibility index (Phi) is 6.27. The molecule has 4 heteroatoms. The van der Waals surface area contributed by atoms with Crippen molar-refractivity contribution in [1.82, 2.24) is 19.1 Å². The van der Waals surface area contributed by atoms with Crippen LogP contribution in [0.2, 0.25) is 0 Å². The van der Waals surface area contributed by atoms with Crippen LogP contribution in [0.4, 0.5) is 0 Å². The SMILES string of the molecule is CC1(C)c2ccccc2-c2c(-c3ccccc3)nc(-c3ccc(-n4c5ccccc5c5ccc6c(c7ccccc7n6-c6ccccc6)c54)cc3)nc21. The molecule has 0 bridgehead atoms. The van der Waals surface area contributed by atoms with Gasteiger partial charge >= 0.3 is 0 Å². The molecule has 0 saturated carbocycles. The monoisotopic (exact) mass is 678 g/mol. The lowest BCUT2D eigenvalue weighted by Gasteiger charge is -2.21. The first-order valence-electron chi connectivity index (χ1n) is 18.3. The van der Waals surface area contributed by atoms with Gasteiger partial charge in [0, 0.05) is 55.0 Å². The Morgan fingerprint density at radius 1 is 0.453 bits per heavy atom. The summed E-state index contributed by atoms with van der Waals surface area (Å²) < 4.78 is 4.84. The van der Waals surface area contributed by atoms with E-state index in [2.05, 4.69) is 193 Å². The molecule has 3 heterocycles. The van der Waals surface area contributed by atoms with Crippen LogP contribution in [0.15, 0.2) is 170 Å². The summed E-state index contributed by atoms with van der Waals surface area (Å²) in [5, 5.41) is 4.96. The molecule has 0 N–H and O–H groups in total. The van der Waals surface area contributed by atoms with Crippen molar-refractivity contribution < 1.29 is 0 Å². The van der Waals surface area contributed by atoms with E-state index in [0.29, 0.717) is 0 Å². The summed E-state index contributed by atoms with van der Waals surface area (Å²) in [4.78, 5) is 10.7. The van der Waals surface area contributed by atoms with Gasteiger partial charge in [-0.05, 0) is 65.7 Å². The van der Waals surface area contributed by atoms with E-state index in [0.717, 1.165) is 45.3 Å². The summed E-state index contributed by atoms with van der Waals surface area (Å²) in [6.07, 6.45) is 0. The van der Waals surface area contributed by atoms with Crippen molar-refractivity contribution in [3.05, 3.63) is 181 Å². The van der Waals surface area contributed by atoms with E-state index in [-0.39, 0.29) is 5.41 Å². The number of fused-ring (bicyclic) bond motifs is 10. The molecule has 0 fully saturated rings. The molecule has 7 aromatic carbocycles. The molecule has 0 unspecified atom stereocenters. The third kappa shape index (κ3) is 4.24. The smallest absolute Gasteiger partial charge is 0.160 e. The summed E-state index contributed by atoms with van der Waals surface area (Å²) in [7, 11) is 0. The molecule has 0 amide bonds. The minimum Gasteiger partial charge on any atom is -0.309 e. The summed E-state index contributed by atoms with van der Waals surface area (Å²) >= 11 is 0. The van der Waals surface area contributed by atoms with Crippen LogP contribution in [0.1, 0.15) is 25.1 Å². The highest BCUT2D eigenvalue weighted by Crippen LogP contribution is 2.51. The summed E-state index contributed by atoms with van der Waals surface area (Å²) in [6, 6.07) is 60.9. The molecule has 0 aliphatic heterocycles. The molecule has 10 aromatic rings. The Hall–Kier alpha value is -6.78. The molecule has 53 heavy (non-hydrogen) atoms. The van der Waals surface area contributed by atoms with Gasteiger partial charge in [0.2, 0.25) is 0 Å². The lowest BCUT2D eigenvalue weighted by molar-refractivity contribution is 0.636. The Bertz CT molecular complexity index is 3060.